The van der Waals surface area contributed by atoms with Crippen molar-refractivity contribution in [1.82, 2.24) is 9.78 Å². The fourth-order valence-corrected chi connectivity index (χ4v) is 0.485. The van der Waals surface area contributed by atoms with E-state index in [0.29, 0.717) is 0 Å². The molecule has 1 aromatic rings. The van der Waals surface area contributed by atoms with E-state index in [4.69, 9.17) is 0 Å². The molecule has 1 heterocycles. The molecule has 0 bridgehead atoms. The average Bonchev–Trinajstić information content (AvgIpc) is 1.91. The Morgan fingerprint density at radius 2 is 2.57 bits per heavy atom. The lowest BCUT2D eigenvalue weighted by Gasteiger charge is -1.86. The van der Waals surface area contributed by atoms with Crippen molar-refractivity contribution in [3.05, 3.63) is 12.3 Å². The molecule has 0 aromatic carbocycles. The lowest BCUT2D eigenvalue weighted by Crippen LogP contribution is -1.87. The fraction of sp³-hybridized carbons (Fsp3) is 0.250. The van der Waals surface area contributed by atoms with Gasteiger partial charge in [0, 0.05) is 7.05 Å². The van der Waals surface area contributed by atoms with Gasteiger partial charge < -0.3 is 0 Å². The van der Waals surface area contributed by atoms with E-state index < -0.39 is 0 Å². The molecule has 0 unspecified atom stereocenters. The summed E-state index contributed by atoms with van der Waals surface area (Å²) in [5.41, 5.74) is 0. The first kappa shape index (κ1) is 4.71. The average molecular weight is 114 g/mol. The number of thiol groups is 1. The lowest BCUT2D eigenvalue weighted by molar-refractivity contribution is 0.701. The highest BCUT2D eigenvalue weighted by Crippen LogP contribution is 1.98. The number of aryl methyl sites for hydroxylation is 1. The Morgan fingerprint density at radius 1 is 1.86 bits per heavy atom. The lowest BCUT2D eigenvalue weighted by atomic mass is 10.7. The van der Waals surface area contributed by atoms with E-state index in [9.17, 15) is 0 Å². The van der Waals surface area contributed by atoms with Gasteiger partial charge in [-0.3, -0.25) is 4.68 Å². The molecular formula is C4H6N2S. The summed E-state index contributed by atoms with van der Waals surface area (Å²) < 4.78 is 1.70. The second-order valence-electron chi connectivity index (χ2n) is 1.31. The quantitative estimate of drug-likeness (QED) is 0.492. The molecule has 2 nitrogen and oxygen atoms in total. The zero-order chi connectivity index (χ0) is 5.28. The molecule has 3 heteroatoms. The predicted octanol–water partition coefficient (Wildman–Crippen LogP) is 0.709. The molecule has 0 radical (unpaired) electrons. The van der Waals surface area contributed by atoms with Gasteiger partial charge in [-0.2, -0.15) is 5.10 Å². The van der Waals surface area contributed by atoms with E-state index in [1.807, 2.05) is 13.1 Å². The summed E-state index contributed by atoms with van der Waals surface area (Å²) in [6, 6.07) is 1.84. The molecule has 7 heavy (non-hydrogen) atoms. The normalized spacial score (nSPS) is 9.43. The predicted molar refractivity (Wildman–Crippen MR) is 30.5 cm³/mol. The highest BCUT2D eigenvalue weighted by Gasteiger charge is 1.84. The standard InChI is InChI=1S/C4H6N2S/c1-6-4(7)2-3-5-6/h2-3,7H,1H3. The van der Waals surface area contributed by atoms with Gasteiger partial charge in [-0.05, 0) is 6.07 Å². The third kappa shape index (κ3) is 0.771. The highest BCUT2D eigenvalue weighted by atomic mass is 32.1. The summed E-state index contributed by atoms with van der Waals surface area (Å²) in [5.74, 6) is 0. The molecule has 1 rings (SSSR count). The van der Waals surface area contributed by atoms with Crippen LogP contribution in [0.15, 0.2) is 17.3 Å². The molecule has 0 N–H and O–H groups in total. The van der Waals surface area contributed by atoms with Crippen molar-refractivity contribution in [3.8, 4) is 0 Å². The smallest absolute Gasteiger partial charge is 0.0905 e. The summed E-state index contributed by atoms with van der Waals surface area (Å²) in [6.45, 7) is 0. The Bertz CT molecular complexity index is 142. The van der Waals surface area contributed by atoms with Gasteiger partial charge in [-0.1, -0.05) is 0 Å². The van der Waals surface area contributed by atoms with Crippen LogP contribution in [0.1, 0.15) is 0 Å². The van der Waals surface area contributed by atoms with Crippen LogP contribution < -0.4 is 0 Å². The third-order valence-electron chi connectivity index (χ3n) is 0.795. The van der Waals surface area contributed by atoms with Crippen molar-refractivity contribution in [2.24, 2.45) is 7.05 Å². The summed E-state index contributed by atoms with van der Waals surface area (Å²) in [5, 5.41) is 4.75. The van der Waals surface area contributed by atoms with E-state index in [1.165, 1.54) is 0 Å². The van der Waals surface area contributed by atoms with Crippen molar-refractivity contribution in [2.45, 2.75) is 5.03 Å². The van der Waals surface area contributed by atoms with Gasteiger partial charge in [-0.25, -0.2) is 0 Å². The minimum atomic E-state index is 0.889. The molecule has 0 atom stereocenters. The largest absolute Gasteiger partial charge is 0.262 e. The highest BCUT2D eigenvalue weighted by molar-refractivity contribution is 7.80. The van der Waals surface area contributed by atoms with Crippen LogP contribution in [0.4, 0.5) is 0 Å². The zero-order valence-corrected chi connectivity index (χ0v) is 4.89. The summed E-state index contributed by atoms with van der Waals surface area (Å²) >= 11 is 4.05. The van der Waals surface area contributed by atoms with Crippen LogP contribution in [0.2, 0.25) is 0 Å². The number of hydrogen-bond donors (Lipinski definition) is 1. The molecule has 0 aliphatic heterocycles. The first-order valence-electron chi connectivity index (χ1n) is 1.97. The number of nitrogens with zero attached hydrogens (tertiary/aromatic N) is 2. The Hall–Kier alpha value is -0.440. The molecule has 0 aliphatic rings. The Morgan fingerprint density at radius 3 is 2.71 bits per heavy atom. The molecule has 38 valence electrons. The molecule has 0 saturated carbocycles. The Labute approximate surface area is 47.6 Å². The van der Waals surface area contributed by atoms with Crippen LogP contribution in [0.3, 0.4) is 0 Å². The molecule has 1 aromatic heterocycles. The van der Waals surface area contributed by atoms with Crippen molar-refractivity contribution in [2.75, 3.05) is 0 Å². The summed E-state index contributed by atoms with van der Waals surface area (Å²) in [6.07, 6.45) is 1.71. The Kier molecular flexibility index (Phi) is 1.06. The van der Waals surface area contributed by atoms with Crippen molar-refractivity contribution in [3.63, 3.8) is 0 Å². The second-order valence-corrected chi connectivity index (χ2v) is 1.77. The van der Waals surface area contributed by atoms with Gasteiger partial charge in [0.05, 0.1) is 11.2 Å². The van der Waals surface area contributed by atoms with Crippen LogP contribution >= 0.6 is 12.6 Å². The van der Waals surface area contributed by atoms with E-state index in [0.717, 1.165) is 5.03 Å². The zero-order valence-electron chi connectivity index (χ0n) is 4.00. The van der Waals surface area contributed by atoms with Gasteiger partial charge in [0.25, 0.3) is 0 Å². The van der Waals surface area contributed by atoms with Gasteiger partial charge in [0.2, 0.25) is 0 Å². The number of aromatic nitrogens is 2. The maximum absolute atomic E-state index is 4.05. The minimum Gasteiger partial charge on any atom is -0.262 e. The van der Waals surface area contributed by atoms with Gasteiger partial charge in [-0.15, -0.1) is 12.6 Å². The number of rotatable bonds is 0. The topological polar surface area (TPSA) is 17.8 Å². The minimum absolute atomic E-state index is 0.889. The van der Waals surface area contributed by atoms with Crippen molar-refractivity contribution >= 4 is 12.6 Å². The summed E-state index contributed by atoms with van der Waals surface area (Å²) in [7, 11) is 1.85. The molecule has 0 fully saturated rings. The number of hydrogen-bond acceptors (Lipinski definition) is 2. The molecule has 0 saturated heterocycles. The van der Waals surface area contributed by atoms with E-state index in [-0.39, 0.29) is 0 Å². The van der Waals surface area contributed by atoms with Crippen molar-refractivity contribution < 1.29 is 0 Å². The SMILES string of the molecule is Cn1nccc1S. The third-order valence-corrected chi connectivity index (χ3v) is 1.23. The van der Waals surface area contributed by atoms with Gasteiger partial charge in [0.15, 0.2) is 0 Å². The first-order valence-corrected chi connectivity index (χ1v) is 2.42. The monoisotopic (exact) mass is 114 g/mol. The van der Waals surface area contributed by atoms with Crippen LogP contribution in [-0.4, -0.2) is 9.78 Å². The van der Waals surface area contributed by atoms with Gasteiger partial charge in [0.1, 0.15) is 0 Å². The molecule has 0 aliphatic carbocycles. The van der Waals surface area contributed by atoms with Crippen LogP contribution in [0.25, 0.3) is 0 Å². The second kappa shape index (κ2) is 1.58. The maximum atomic E-state index is 4.05. The Balaban J connectivity index is 3.12. The van der Waals surface area contributed by atoms with Crippen LogP contribution in [0, 0.1) is 0 Å². The van der Waals surface area contributed by atoms with Gasteiger partial charge >= 0.3 is 0 Å². The van der Waals surface area contributed by atoms with E-state index >= 15 is 0 Å². The molecule has 0 amide bonds. The van der Waals surface area contributed by atoms with Crippen molar-refractivity contribution in [1.29, 1.82) is 0 Å². The van der Waals surface area contributed by atoms with Crippen LogP contribution in [-0.2, 0) is 7.05 Å². The maximum Gasteiger partial charge on any atom is 0.0905 e. The fourth-order valence-electron chi connectivity index (χ4n) is 0.367. The van der Waals surface area contributed by atoms with Crippen LogP contribution in [0.5, 0.6) is 0 Å². The van der Waals surface area contributed by atoms with E-state index in [2.05, 4.69) is 17.7 Å². The first-order chi connectivity index (χ1) is 3.30. The molecular weight excluding hydrogens is 108 g/mol. The molecule has 0 spiro atoms. The van der Waals surface area contributed by atoms with E-state index in [1.54, 1.807) is 10.9 Å². The summed E-state index contributed by atoms with van der Waals surface area (Å²) in [4.78, 5) is 0.